The van der Waals surface area contributed by atoms with Crippen molar-refractivity contribution in [3.8, 4) is 28.5 Å². The number of thioether (sulfide) groups is 1. The monoisotopic (exact) mass is 731 g/mol. The summed E-state index contributed by atoms with van der Waals surface area (Å²) < 4.78 is 31.4. The Hall–Kier alpha value is -4.76. The Bertz CT molecular complexity index is 2040. The Morgan fingerprint density at radius 1 is 1.12 bits per heavy atom. The predicted molar refractivity (Wildman–Crippen MR) is 187 cm³/mol. The highest BCUT2D eigenvalue weighted by atomic mass is 32.2. The SMILES string of the molecule is COc1ccc(-n2nnnc2S[C@@H]2CC3C(C)(COC(C)=O)[C@@H](OC(C)=O)CC[C@]3(C)C3[C@@H](O)c4c(cc(-c5cccnc5)oc4=O)O[C@@]32C)cc1. The zero-order chi connectivity index (χ0) is 37.0. The molecule has 0 amide bonds. The highest BCUT2D eigenvalue weighted by Gasteiger charge is 2.70. The molecule has 4 aromatic rings. The predicted octanol–water partition coefficient (Wildman–Crippen LogP) is 4.97. The van der Waals surface area contributed by atoms with Gasteiger partial charge >= 0.3 is 17.6 Å². The van der Waals surface area contributed by atoms with Crippen LogP contribution < -0.4 is 15.1 Å². The first-order valence-corrected chi connectivity index (χ1v) is 18.0. The number of carbonyl (C=O) groups excluding carboxylic acids is 2. The van der Waals surface area contributed by atoms with E-state index in [0.717, 1.165) is 0 Å². The lowest BCUT2D eigenvalue weighted by atomic mass is 9.43. The normalized spacial score (nSPS) is 30.6. The number of esters is 2. The number of rotatable bonds is 8. The summed E-state index contributed by atoms with van der Waals surface area (Å²) in [6.07, 6.45) is 2.77. The molecule has 8 atom stereocenters. The Labute approximate surface area is 304 Å². The van der Waals surface area contributed by atoms with Crippen molar-refractivity contribution in [2.75, 3.05) is 13.7 Å². The average Bonchev–Trinajstić information content (AvgIpc) is 3.58. The number of aliphatic hydroxyl groups excluding tert-OH is 1. The standard InChI is InChI=1S/C37H41N5O9S/c1-20(43)48-19-36(4)27-17-29(52-34-39-40-41-42(34)23-9-11-24(47-6)12-10-23)37(5)32(35(27,3)14-13-28(36)49-21(2)44)31(45)30-26(51-37)16-25(50-33(30)46)22-8-7-15-38-18-22/h7-12,15-16,18,27-29,31-32,45H,13-14,17,19H2,1-6H3/t27?,28-,29+,31-,32?,35-,36?,37+/m0/s1. The molecule has 2 saturated carbocycles. The highest BCUT2D eigenvalue weighted by molar-refractivity contribution is 7.99. The molecule has 1 aliphatic heterocycles. The van der Waals surface area contributed by atoms with Gasteiger partial charge in [-0.2, -0.15) is 4.68 Å². The Morgan fingerprint density at radius 3 is 2.56 bits per heavy atom. The molecule has 0 radical (unpaired) electrons. The van der Waals surface area contributed by atoms with Gasteiger partial charge in [-0.3, -0.25) is 14.6 Å². The molecule has 1 aromatic carbocycles. The van der Waals surface area contributed by atoms with Gasteiger partial charge in [-0.25, -0.2) is 4.79 Å². The van der Waals surface area contributed by atoms with Gasteiger partial charge in [0.05, 0.1) is 24.2 Å². The molecule has 52 heavy (non-hydrogen) atoms. The van der Waals surface area contributed by atoms with Gasteiger partial charge in [-0.1, -0.05) is 25.6 Å². The van der Waals surface area contributed by atoms with Crippen molar-refractivity contribution >= 4 is 23.7 Å². The second kappa shape index (κ2) is 13.3. The van der Waals surface area contributed by atoms with Crippen LogP contribution in [0.2, 0.25) is 0 Å². The minimum absolute atomic E-state index is 0.0188. The lowest BCUT2D eigenvalue weighted by Crippen LogP contribution is -2.70. The van der Waals surface area contributed by atoms with Crippen LogP contribution in [0.25, 0.3) is 17.0 Å². The summed E-state index contributed by atoms with van der Waals surface area (Å²) in [4.78, 5) is 42.6. The fourth-order valence-corrected chi connectivity index (χ4v) is 10.4. The number of hydrogen-bond donors (Lipinski definition) is 1. The van der Waals surface area contributed by atoms with Gasteiger partial charge in [0.1, 0.15) is 41.1 Å². The number of nitrogens with zero attached hydrogens (tertiary/aromatic N) is 5. The van der Waals surface area contributed by atoms with Gasteiger partial charge < -0.3 is 28.5 Å². The Kier molecular flexibility index (Phi) is 9.14. The van der Waals surface area contributed by atoms with Gasteiger partial charge in [-0.15, -0.1) is 5.10 Å². The summed E-state index contributed by atoms with van der Waals surface area (Å²) in [7, 11) is 1.59. The van der Waals surface area contributed by atoms with E-state index in [0.29, 0.717) is 41.4 Å². The average molecular weight is 732 g/mol. The topological polar surface area (TPSA) is 178 Å². The smallest absolute Gasteiger partial charge is 0.345 e. The van der Waals surface area contributed by atoms with Gasteiger partial charge in [-0.05, 0) is 84.3 Å². The lowest BCUT2D eigenvalue weighted by molar-refractivity contribution is -0.236. The number of fused-ring (bicyclic) bond motifs is 4. The maximum atomic E-state index is 13.8. The van der Waals surface area contributed by atoms with Crippen molar-refractivity contribution in [3.05, 3.63) is 70.8 Å². The van der Waals surface area contributed by atoms with Crippen molar-refractivity contribution in [3.63, 3.8) is 0 Å². The summed E-state index contributed by atoms with van der Waals surface area (Å²) in [5.74, 6) is -0.717. The number of ether oxygens (including phenoxy) is 4. The van der Waals surface area contributed by atoms with Gasteiger partial charge in [0.2, 0.25) is 5.16 Å². The molecule has 3 unspecified atom stereocenters. The number of aliphatic hydroxyl groups is 1. The highest BCUT2D eigenvalue weighted by Crippen LogP contribution is 2.69. The molecule has 1 N–H and O–H groups in total. The van der Waals surface area contributed by atoms with Crippen molar-refractivity contribution in [1.29, 1.82) is 0 Å². The fourth-order valence-electron chi connectivity index (χ4n) is 9.10. The molecule has 274 valence electrons. The first-order valence-electron chi connectivity index (χ1n) is 17.1. The minimum atomic E-state index is -1.30. The number of aromatic nitrogens is 5. The minimum Gasteiger partial charge on any atom is -0.497 e. The van der Waals surface area contributed by atoms with Crippen LogP contribution in [0.1, 0.15) is 65.5 Å². The molecular formula is C37H41N5O9S. The van der Waals surface area contributed by atoms with E-state index >= 15 is 0 Å². The third-order valence-corrected chi connectivity index (χ3v) is 12.8. The number of carbonyl (C=O) groups is 2. The second-order valence-corrected chi connectivity index (χ2v) is 15.7. The van der Waals surface area contributed by atoms with Crippen LogP contribution in [0.3, 0.4) is 0 Å². The maximum absolute atomic E-state index is 13.8. The van der Waals surface area contributed by atoms with Crippen LogP contribution in [0.15, 0.2) is 69.2 Å². The molecule has 7 rings (SSSR count). The van der Waals surface area contributed by atoms with Crippen LogP contribution in [0.5, 0.6) is 11.5 Å². The van der Waals surface area contributed by atoms with E-state index in [4.69, 9.17) is 23.4 Å². The molecule has 2 fully saturated rings. The van der Waals surface area contributed by atoms with Gasteiger partial charge in [0, 0.05) is 49.2 Å². The van der Waals surface area contributed by atoms with E-state index in [1.165, 1.54) is 25.6 Å². The molecule has 15 heteroatoms. The zero-order valence-corrected chi connectivity index (χ0v) is 30.6. The van der Waals surface area contributed by atoms with E-state index in [1.54, 1.807) is 42.4 Å². The molecule has 0 saturated heterocycles. The van der Waals surface area contributed by atoms with E-state index in [9.17, 15) is 19.5 Å². The molecule has 2 aliphatic carbocycles. The number of tetrazole rings is 1. The van der Waals surface area contributed by atoms with Crippen LogP contribution in [-0.4, -0.2) is 72.9 Å². The fraction of sp³-hybridized carbons (Fsp3) is 0.486. The third-order valence-electron chi connectivity index (χ3n) is 11.4. The summed E-state index contributed by atoms with van der Waals surface area (Å²) >= 11 is 1.40. The van der Waals surface area contributed by atoms with Crippen LogP contribution in [0, 0.1) is 22.7 Å². The maximum Gasteiger partial charge on any atom is 0.345 e. The molecule has 3 aliphatic rings. The van der Waals surface area contributed by atoms with Crippen molar-refractivity contribution in [2.24, 2.45) is 22.7 Å². The molecular weight excluding hydrogens is 691 g/mol. The largest absolute Gasteiger partial charge is 0.497 e. The summed E-state index contributed by atoms with van der Waals surface area (Å²) in [5.41, 5.74) is -2.07. The number of methoxy groups -OCH3 is 1. The second-order valence-electron chi connectivity index (χ2n) is 14.5. The molecule has 0 spiro atoms. The number of pyridine rings is 1. The lowest BCUT2D eigenvalue weighted by Gasteiger charge is -2.66. The molecule has 4 heterocycles. The van der Waals surface area contributed by atoms with E-state index in [2.05, 4.69) is 27.4 Å². The van der Waals surface area contributed by atoms with Crippen molar-refractivity contribution in [2.45, 2.75) is 82.1 Å². The Morgan fingerprint density at radius 2 is 1.88 bits per heavy atom. The van der Waals surface area contributed by atoms with Crippen molar-refractivity contribution in [1.82, 2.24) is 25.2 Å². The van der Waals surface area contributed by atoms with E-state index < -0.39 is 57.4 Å². The first kappa shape index (κ1) is 35.6. The Balaban J connectivity index is 1.38. The van der Waals surface area contributed by atoms with Gasteiger partial charge in [0.15, 0.2) is 0 Å². The van der Waals surface area contributed by atoms with Crippen LogP contribution >= 0.6 is 11.8 Å². The zero-order valence-electron chi connectivity index (χ0n) is 29.8. The van der Waals surface area contributed by atoms with E-state index in [1.807, 2.05) is 38.1 Å². The van der Waals surface area contributed by atoms with Gasteiger partial charge in [0.25, 0.3) is 0 Å². The molecule has 14 nitrogen and oxygen atoms in total. The number of benzene rings is 1. The summed E-state index contributed by atoms with van der Waals surface area (Å²) in [5, 5.41) is 25.2. The molecule has 0 bridgehead atoms. The summed E-state index contributed by atoms with van der Waals surface area (Å²) in [6.45, 7) is 8.71. The van der Waals surface area contributed by atoms with Crippen LogP contribution in [0.4, 0.5) is 0 Å². The van der Waals surface area contributed by atoms with Crippen LogP contribution in [-0.2, 0) is 19.1 Å². The first-order chi connectivity index (χ1) is 24.8. The third kappa shape index (κ3) is 5.93. The summed E-state index contributed by atoms with van der Waals surface area (Å²) in [6, 6.07) is 12.5. The number of hydrogen-bond acceptors (Lipinski definition) is 14. The van der Waals surface area contributed by atoms with Crippen molar-refractivity contribution < 1.29 is 38.1 Å². The van der Waals surface area contributed by atoms with E-state index in [-0.39, 0.29) is 29.6 Å². The molecule has 3 aromatic heterocycles. The quantitative estimate of drug-likeness (QED) is 0.240.